The molecule has 0 aliphatic carbocycles. The van der Waals surface area contributed by atoms with Gasteiger partial charge in [0, 0.05) is 6.20 Å². The normalized spacial score (nSPS) is 10.2. The lowest BCUT2D eigenvalue weighted by Crippen LogP contribution is -2.14. The molecule has 2 rings (SSSR count). The maximum absolute atomic E-state index is 11.9. The Morgan fingerprint density at radius 1 is 1.22 bits per heavy atom. The van der Waals surface area contributed by atoms with Crippen molar-refractivity contribution in [2.75, 3.05) is 5.32 Å². The summed E-state index contributed by atoms with van der Waals surface area (Å²) in [7, 11) is 0. The fourth-order valence-electron chi connectivity index (χ4n) is 1.10. The number of amides is 1. The van der Waals surface area contributed by atoms with Gasteiger partial charge in [0.1, 0.15) is 5.82 Å². The molecule has 0 bridgehead atoms. The minimum Gasteiger partial charge on any atom is -0.306 e. The average molecular weight is 305 g/mol. The number of hydrogen-bond donors (Lipinski definition) is 1. The van der Waals surface area contributed by atoms with Gasteiger partial charge in [0.15, 0.2) is 10.3 Å². The van der Waals surface area contributed by atoms with Gasteiger partial charge in [0.2, 0.25) is 5.28 Å². The molecule has 0 aromatic carbocycles. The summed E-state index contributed by atoms with van der Waals surface area (Å²) in [5.74, 6) is -0.282. The van der Waals surface area contributed by atoms with Crippen molar-refractivity contribution in [3.05, 3.63) is 39.5 Å². The predicted octanol–water partition coefficient (Wildman–Crippen LogP) is 2.48. The Labute approximate surface area is 116 Å². The second-order valence-electron chi connectivity index (χ2n) is 3.04. The van der Waals surface area contributed by atoms with Crippen molar-refractivity contribution in [1.82, 2.24) is 20.2 Å². The molecule has 9 heteroatoms. The first-order valence-corrected chi connectivity index (χ1v) is 5.68. The van der Waals surface area contributed by atoms with E-state index in [1.165, 1.54) is 18.3 Å². The fourth-order valence-corrected chi connectivity index (χ4v) is 1.57. The van der Waals surface area contributed by atoms with Crippen molar-refractivity contribution in [3.63, 3.8) is 0 Å². The van der Waals surface area contributed by atoms with Gasteiger partial charge in [-0.05, 0) is 23.7 Å². The van der Waals surface area contributed by atoms with Crippen molar-refractivity contribution in [2.24, 2.45) is 0 Å². The Hall–Kier alpha value is -1.50. The Kier molecular flexibility index (Phi) is 3.90. The molecule has 0 fully saturated rings. The number of carbonyl (C=O) groups is 1. The van der Waals surface area contributed by atoms with Gasteiger partial charge in [-0.3, -0.25) is 4.79 Å². The van der Waals surface area contributed by atoms with Crippen LogP contribution in [0.25, 0.3) is 0 Å². The van der Waals surface area contributed by atoms with Crippen LogP contribution in [0.2, 0.25) is 15.6 Å². The Balaban J connectivity index is 2.24. The lowest BCUT2D eigenvalue weighted by atomic mass is 10.3. The maximum Gasteiger partial charge on any atom is 0.260 e. The molecule has 2 heterocycles. The number of halogens is 3. The van der Waals surface area contributed by atoms with Gasteiger partial charge in [0.25, 0.3) is 5.91 Å². The summed E-state index contributed by atoms with van der Waals surface area (Å²) in [6.07, 6.45) is 1.41. The largest absolute Gasteiger partial charge is 0.306 e. The molecule has 2 aromatic heterocycles. The minimum atomic E-state index is -0.522. The van der Waals surface area contributed by atoms with E-state index in [2.05, 4.69) is 25.5 Å². The first-order chi connectivity index (χ1) is 8.56. The molecule has 0 atom stereocenters. The van der Waals surface area contributed by atoms with E-state index in [9.17, 15) is 4.79 Å². The highest BCUT2D eigenvalue weighted by Crippen LogP contribution is 2.17. The Morgan fingerprint density at radius 2 is 2.00 bits per heavy atom. The summed E-state index contributed by atoms with van der Waals surface area (Å²) < 4.78 is 0. The second-order valence-corrected chi connectivity index (χ2v) is 4.12. The van der Waals surface area contributed by atoms with Crippen molar-refractivity contribution in [1.29, 1.82) is 0 Å². The van der Waals surface area contributed by atoms with Gasteiger partial charge in [-0.15, -0.1) is 10.2 Å². The topological polar surface area (TPSA) is 80.7 Å². The van der Waals surface area contributed by atoms with E-state index in [-0.39, 0.29) is 27.0 Å². The van der Waals surface area contributed by atoms with Crippen LogP contribution >= 0.6 is 34.8 Å². The fraction of sp³-hybridized carbons (Fsp3) is 0. The summed E-state index contributed by atoms with van der Waals surface area (Å²) in [5.41, 5.74) is 0.0893. The Morgan fingerprint density at radius 3 is 2.72 bits per heavy atom. The summed E-state index contributed by atoms with van der Waals surface area (Å²) in [6, 6.07) is 2.78. The van der Waals surface area contributed by atoms with Crippen LogP contribution in [-0.4, -0.2) is 26.1 Å². The molecule has 0 saturated carbocycles. The number of anilines is 1. The van der Waals surface area contributed by atoms with Gasteiger partial charge in [-0.2, -0.15) is 0 Å². The van der Waals surface area contributed by atoms with Crippen LogP contribution in [0.4, 0.5) is 5.82 Å². The SMILES string of the molecule is O=C(Nc1ccnc(Cl)n1)c1cc(Cl)nnc1Cl. The summed E-state index contributed by atoms with van der Waals surface area (Å²) in [4.78, 5) is 19.4. The molecule has 6 nitrogen and oxygen atoms in total. The highest BCUT2D eigenvalue weighted by atomic mass is 35.5. The van der Waals surface area contributed by atoms with E-state index in [4.69, 9.17) is 34.8 Å². The van der Waals surface area contributed by atoms with Crippen LogP contribution in [0.1, 0.15) is 10.4 Å². The standard InChI is InChI=1S/C9H4Cl3N5O/c10-5-3-4(7(11)17-16-5)8(18)14-6-1-2-13-9(12)15-6/h1-3H,(H,13,14,15,18). The van der Waals surface area contributed by atoms with Crippen LogP contribution in [-0.2, 0) is 0 Å². The van der Waals surface area contributed by atoms with E-state index < -0.39 is 5.91 Å². The predicted molar refractivity (Wildman–Crippen MR) is 67.0 cm³/mol. The number of nitrogens with zero attached hydrogens (tertiary/aromatic N) is 4. The molecule has 92 valence electrons. The molecular weight excluding hydrogens is 300 g/mol. The van der Waals surface area contributed by atoms with Crippen LogP contribution in [0.3, 0.4) is 0 Å². The first-order valence-electron chi connectivity index (χ1n) is 4.55. The van der Waals surface area contributed by atoms with E-state index in [0.29, 0.717) is 0 Å². The molecule has 0 spiro atoms. The molecule has 1 amide bonds. The number of rotatable bonds is 2. The third-order valence-corrected chi connectivity index (χ3v) is 2.48. The molecule has 1 N–H and O–H groups in total. The van der Waals surface area contributed by atoms with Gasteiger partial charge < -0.3 is 5.32 Å². The highest BCUT2D eigenvalue weighted by molar-refractivity contribution is 6.34. The van der Waals surface area contributed by atoms with Crippen molar-refractivity contribution in [3.8, 4) is 0 Å². The number of carbonyl (C=O) groups excluding carboxylic acids is 1. The van der Waals surface area contributed by atoms with Crippen LogP contribution in [0.5, 0.6) is 0 Å². The summed E-state index contributed by atoms with van der Waals surface area (Å²) in [5, 5.41) is 9.52. The zero-order valence-corrected chi connectivity index (χ0v) is 10.8. The summed E-state index contributed by atoms with van der Waals surface area (Å²) in [6.45, 7) is 0. The van der Waals surface area contributed by atoms with E-state index in [0.717, 1.165) is 0 Å². The monoisotopic (exact) mass is 303 g/mol. The minimum absolute atomic E-state index is 0.0183. The Bertz CT molecular complexity index is 607. The number of nitrogens with one attached hydrogen (secondary N) is 1. The van der Waals surface area contributed by atoms with E-state index in [1.54, 1.807) is 0 Å². The first kappa shape index (κ1) is 12.9. The molecule has 0 saturated heterocycles. The molecule has 18 heavy (non-hydrogen) atoms. The second kappa shape index (κ2) is 5.43. The van der Waals surface area contributed by atoms with E-state index >= 15 is 0 Å². The van der Waals surface area contributed by atoms with Gasteiger partial charge in [0.05, 0.1) is 5.56 Å². The smallest absolute Gasteiger partial charge is 0.260 e. The molecule has 2 aromatic rings. The highest BCUT2D eigenvalue weighted by Gasteiger charge is 2.14. The third kappa shape index (κ3) is 3.04. The van der Waals surface area contributed by atoms with Crippen molar-refractivity contribution >= 4 is 46.5 Å². The molecular formula is C9H4Cl3N5O. The lowest BCUT2D eigenvalue weighted by Gasteiger charge is -2.05. The molecule has 0 unspecified atom stereocenters. The summed E-state index contributed by atoms with van der Waals surface area (Å²) >= 11 is 17.0. The number of hydrogen-bond acceptors (Lipinski definition) is 5. The molecule has 0 aliphatic heterocycles. The number of aromatic nitrogens is 4. The molecule has 0 radical (unpaired) electrons. The van der Waals surface area contributed by atoms with E-state index in [1.807, 2.05) is 0 Å². The van der Waals surface area contributed by atoms with Crippen LogP contribution in [0, 0.1) is 0 Å². The lowest BCUT2D eigenvalue weighted by molar-refractivity contribution is 0.102. The van der Waals surface area contributed by atoms with Crippen molar-refractivity contribution < 1.29 is 4.79 Å². The van der Waals surface area contributed by atoms with Crippen LogP contribution < -0.4 is 5.32 Å². The average Bonchev–Trinajstić information content (AvgIpc) is 2.32. The van der Waals surface area contributed by atoms with Crippen molar-refractivity contribution in [2.45, 2.75) is 0 Å². The van der Waals surface area contributed by atoms with Crippen LogP contribution in [0.15, 0.2) is 18.3 Å². The quantitative estimate of drug-likeness (QED) is 0.862. The maximum atomic E-state index is 11.9. The zero-order valence-electron chi connectivity index (χ0n) is 8.56. The zero-order chi connectivity index (χ0) is 13.1. The van der Waals surface area contributed by atoms with Gasteiger partial charge >= 0.3 is 0 Å². The van der Waals surface area contributed by atoms with Gasteiger partial charge in [-0.1, -0.05) is 23.2 Å². The third-order valence-electron chi connectivity index (χ3n) is 1.83. The molecule has 0 aliphatic rings. The van der Waals surface area contributed by atoms with Gasteiger partial charge in [-0.25, -0.2) is 9.97 Å².